The van der Waals surface area contributed by atoms with Gasteiger partial charge in [-0.1, -0.05) is 36.9 Å². The molecule has 32 heavy (non-hydrogen) atoms. The molecule has 5 rings (SSSR count). The van der Waals surface area contributed by atoms with Gasteiger partial charge in [-0.05, 0) is 61.7 Å². The number of fused-ring (bicyclic) bond motifs is 1. The number of aromatic nitrogens is 1. The van der Waals surface area contributed by atoms with Gasteiger partial charge in [0.2, 0.25) is 0 Å². The summed E-state index contributed by atoms with van der Waals surface area (Å²) in [5.41, 5.74) is 4.39. The van der Waals surface area contributed by atoms with Gasteiger partial charge in [-0.15, -0.1) is 6.58 Å². The first-order chi connectivity index (χ1) is 15.7. The Bertz CT molecular complexity index is 1130. The Morgan fingerprint density at radius 3 is 2.78 bits per heavy atom. The number of carbonyl (C=O) groups is 1. The van der Waals surface area contributed by atoms with E-state index in [1.165, 1.54) is 31.5 Å². The van der Waals surface area contributed by atoms with Crippen molar-refractivity contribution in [3.8, 4) is 0 Å². The van der Waals surface area contributed by atoms with Gasteiger partial charge in [-0.25, -0.2) is 0 Å². The molecule has 1 aromatic heterocycles. The van der Waals surface area contributed by atoms with Crippen molar-refractivity contribution >= 4 is 34.3 Å². The highest BCUT2D eigenvalue weighted by Crippen LogP contribution is 2.31. The van der Waals surface area contributed by atoms with Crippen LogP contribution in [0.1, 0.15) is 35.3 Å². The number of hydrogen-bond donors (Lipinski definition) is 2. The lowest BCUT2D eigenvalue weighted by Gasteiger charge is -2.29. The van der Waals surface area contributed by atoms with Crippen LogP contribution in [0, 0.1) is 0 Å². The van der Waals surface area contributed by atoms with Crippen molar-refractivity contribution < 1.29 is 4.79 Å². The standard InChI is InChI=1S/C27H30N4O/c1-3-19-16-22(30-15-13-23(18-30)31-14-7-9-21(31)4-2)11-12-25(19)29-27(32)26-17-20-8-5-6-10-24(20)28-26/h3-6,8,10-12,16-17,21,23,28H,1-2,7,9,13-15,18H2,(H,29,32). The van der Waals surface area contributed by atoms with Crippen LogP contribution in [0.15, 0.2) is 67.8 Å². The number of anilines is 2. The van der Waals surface area contributed by atoms with Crippen LogP contribution in [0.3, 0.4) is 0 Å². The third-order valence-electron chi connectivity index (χ3n) is 6.89. The van der Waals surface area contributed by atoms with Crippen molar-refractivity contribution in [2.75, 3.05) is 29.9 Å². The van der Waals surface area contributed by atoms with Crippen molar-refractivity contribution in [3.05, 3.63) is 79.0 Å². The largest absolute Gasteiger partial charge is 0.370 e. The number of nitrogens with one attached hydrogen (secondary N) is 2. The topological polar surface area (TPSA) is 51.4 Å². The molecule has 0 aliphatic carbocycles. The van der Waals surface area contributed by atoms with Crippen LogP contribution < -0.4 is 10.2 Å². The second kappa shape index (κ2) is 8.67. The Morgan fingerprint density at radius 1 is 1.09 bits per heavy atom. The highest BCUT2D eigenvalue weighted by molar-refractivity contribution is 6.06. The number of H-pyrrole nitrogens is 1. The first-order valence-corrected chi connectivity index (χ1v) is 11.4. The van der Waals surface area contributed by atoms with E-state index in [1.54, 1.807) is 0 Å². The lowest BCUT2D eigenvalue weighted by molar-refractivity contribution is 0.102. The van der Waals surface area contributed by atoms with Gasteiger partial charge in [0.15, 0.2) is 0 Å². The average molecular weight is 427 g/mol. The van der Waals surface area contributed by atoms with Gasteiger partial charge in [0.1, 0.15) is 5.69 Å². The molecule has 1 amide bonds. The molecule has 0 spiro atoms. The van der Waals surface area contributed by atoms with Crippen LogP contribution in [-0.2, 0) is 0 Å². The summed E-state index contributed by atoms with van der Waals surface area (Å²) in [6.07, 6.45) is 7.58. The minimum absolute atomic E-state index is 0.150. The Morgan fingerprint density at radius 2 is 1.97 bits per heavy atom. The number of amides is 1. The SMILES string of the molecule is C=Cc1cc(N2CCC(N3CCCC3C=C)C2)ccc1NC(=O)c1cc2ccccc2[nH]1. The lowest BCUT2D eigenvalue weighted by atomic mass is 10.1. The fourth-order valence-electron chi connectivity index (χ4n) is 5.18. The zero-order chi connectivity index (χ0) is 22.1. The smallest absolute Gasteiger partial charge is 0.272 e. The third-order valence-corrected chi connectivity index (χ3v) is 6.89. The molecule has 0 bridgehead atoms. The number of aromatic amines is 1. The van der Waals surface area contributed by atoms with Crippen molar-refractivity contribution in [2.24, 2.45) is 0 Å². The van der Waals surface area contributed by atoms with E-state index < -0.39 is 0 Å². The van der Waals surface area contributed by atoms with Crippen LogP contribution in [0.4, 0.5) is 11.4 Å². The molecule has 5 nitrogen and oxygen atoms in total. The molecular weight excluding hydrogens is 396 g/mol. The van der Waals surface area contributed by atoms with Crippen molar-refractivity contribution in [1.82, 2.24) is 9.88 Å². The molecule has 2 unspecified atom stereocenters. The van der Waals surface area contributed by atoms with Gasteiger partial charge in [0, 0.05) is 47.5 Å². The van der Waals surface area contributed by atoms with Crippen LogP contribution in [0.2, 0.25) is 0 Å². The molecule has 3 aromatic rings. The van der Waals surface area contributed by atoms with Crippen LogP contribution in [0.25, 0.3) is 17.0 Å². The van der Waals surface area contributed by atoms with Gasteiger partial charge in [0.25, 0.3) is 5.91 Å². The summed E-state index contributed by atoms with van der Waals surface area (Å²) in [6.45, 7) is 11.3. The summed E-state index contributed by atoms with van der Waals surface area (Å²) in [6, 6.07) is 17.1. The molecule has 2 fully saturated rings. The van der Waals surface area contributed by atoms with Crippen LogP contribution in [-0.4, -0.2) is 47.5 Å². The fourth-order valence-corrected chi connectivity index (χ4v) is 5.18. The van der Waals surface area contributed by atoms with E-state index in [1.807, 2.05) is 42.5 Å². The number of likely N-dealkylation sites (tertiary alicyclic amines) is 1. The normalized spacial score (nSPS) is 21.2. The number of benzene rings is 2. The number of hydrogen-bond acceptors (Lipinski definition) is 3. The third kappa shape index (κ3) is 3.84. The fraction of sp³-hybridized carbons (Fsp3) is 0.296. The molecule has 2 N–H and O–H groups in total. The average Bonchev–Trinajstić information content (AvgIpc) is 3.57. The van der Waals surface area contributed by atoms with E-state index in [4.69, 9.17) is 0 Å². The van der Waals surface area contributed by atoms with E-state index in [2.05, 4.69) is 51.5 Å². The van der Waals surface area contributed by atoms with Crippen molar-refractivity contribution in [2.45, 2.75) is 31.3 Å². The predicted octanol–water partition coefficient (Wildman–Crippen LogP) is 5.29. The molecule has 2 aliphatic rings. The van der Waals surface area contributed by atoms with E-state index in [0.29, 0.717) is 17.8 Å². The first kappa shape index (κ1) is 20.6. The summed E-state index contributed by atoms with van der Waals surface area (Å²) in [5.74, 6) is -0.150. The van der Waals surface area contributed by atoms with E-state index >= 15 is 0 Å². The summed E-state index contributed by atoms with van der Waals surface area (Å²) >= 11 is 0. The molecule has 0 radical (unpaired) electrons. The van der Waals surface area contributed by atoms with Gasteiger partial charge >= 0.3 is 0 Å². The predicted molar refractivity (Wildman–Crippen MR) is 133 cm³/mol. The van der Waals surface area contributed by atoms with Gasteiger partial charge in [-0.3, -0.25) is 9.69 Å². The van der Waals surface area contributed by atoms with Gasteiger partial charge < -0.3 is 15.2 Å². The second-order valence-electron chi connectivity index (χ2n) is 8.77. The lowest BCUT2D eigenvalue weighted by Crippen LogP contribution is -2.40. The Labute approximate surface area is 189 Å². The van der Waals surface area contributed by atoms with Crippen molar-refractivity contribution in [3.63, 3.8) is 0 Å². The van der Waals surface area contributed by atoms with Gasteiger partial charge in [-0.2, -0.15) is 0 Å². The molecule has 2 aromatic carbocycles. The van der Waals surface area contributed by atoms with Gasteiger partial charge in [0.05, 0.1) is 0 Å². The second-order valence-corrected chi connectivity index (χ2v) is 8.77. The molecular formula is C27H30N4O. The molecule has 0 saturated carbocycles. The summed E-state index contributed by atoms with van der Waals surface area (Å²) < 4.78 is 0. The molecule has 2 saturated heterocycles. The molecule has 2 atom stereocenters. The zero-order valence-corrected chi connectivity index (χ0v) is 18.4. The number of rotatable bonds is 6. The molecule has 5 heteroatoms. The zero-order valence-electron chi connectivity index (χ0n) is 18.4. The summed E-state index contributed by atoms with van der Waals surface area (Å²) in [7, 11) is 0. The number of carbonyl (C=O) groups excluding carboxylic acids is 1. The maximum atomic E-state index is 12.8. The van der Waals surface area contributed by atoms with E-state index in [9.17, 15) is 4.79 Å². The minimum Gasteiger partial charge on any atom is -0.370 e. The van der Waals surface area contributed by atoms with E-state index in [0.717, 1.165) is 35.2 Å². The molecule has 2 aliphatic heterocycles. The highest BCUT2D eigenvalue weighted by Gasteiger charge is 2.33. The van der Waals surface area contributed by atoms with Crippen LogP contribution >= 0.6 is 0 Å². The van der Waals surface area contributed by atoms with Crippen LogP contribution in [0.5, 0.6) is 0 Å². The highest BCUT2D eigenvalue weighted by atomic mass is 16.1. The first-order valence-electron chi connectivity index (χ1n) is 11.4. The number of para-hydroxylation sites is 1. The van der Waals surface area contributed by atoms with E-state index in [-0.39, 0.29) is 5.91 Å². The summed E-state index contributed by atoms with van der Waals surface area (Å²) in [5, 5.41) is 4.07. The quantitative estimate of drug-likeness (QED) is 0.527. The maximum absolute atomic E-state index is 12.8. The summed E-state index contributed by atoms with van der Waals surface area (Å²) in [4.78, 5) is 21.1. The minimum atomic E-state index is -0.150. The molecule has 164 valence electrons. The Kier molecular flexibility index (Phi) is 5.58. The number of nitrogens with zero attached hydrogens (tertiary/aromatic N) is 2. The van der Waals surface area contributed by atoms with Crippen molar-refractivity contribution in [1.29, 1.82) is 0 Å². The monoisotopic (exact) mass is 426 g/mol. The Hall–Kier alpha value is -3.31. The molecule has 3 heterocycles. The maximum Gasteiger partial charge on any atom is 0.272 e. The Balaban J connectivity index is 1.30.